The first kappa shape index (κ1) is 15.5. The quantitative estimate of drug-likeness (QED) is 0.804. The maximum atomic E-state index is 12.7. The van der Waals surface area contributed by atoms with Gasteiger partial charge in [0.15, 0.2) is 0 Å². The largest absolute Gasteiger partial charge is 0.273 e. The number of hydrogen-bond donors (Lipinski definition) is 0. The van der Waals surface area contributed by atoms with Gasteiger partial charge in [0.1, 0.15) is 5.03 Å². The summed E-state index contributed by atoms with van der Waals surface area (Å²) in [4.78, 5) is 26.3. The molecule has 0 radical (unpaired) electrons. The molecule has 0 atom stereocenters. The Hall–Kier alpha value is -2.39. The number of aryl methyl sites for hydroxylation is 2. The van der Waals surface area contributed by atoms with Crippen LogP contribution in [0.5, 0.6) is 0 Å². The van der Waals surface area contributed by atoms with Crippen LogP contribution in [0.2, 0.25) is 0 Å². The molecule has 0 N–H and O–H groups in total. The number of carbonyl (C=O) groups is 2. The van der Waals surface area contributed by atoms with Gasteiger partial charge in [-0.25, -0.2) is 0 Å². The SMILES string of the molecule is Cc1ccc(C2=C(Cl)C(=O)N(Cc3ccccc3)C2=O)c(C)c1. The highest BCUT2D eigenvalue weighted by atomic mass is 35.5. The lowest BCUT2D eigenvalue weighted by Gasteiger charge is -2.15. The monoisotopic (exact) mass is 325 g/mol. The first-order valence-corrected chi connectivity index (χ1v) is 7.74. The van der Waals surface area contributed by atoms with Crippen molar-refractivity contribution in [3.63, 3.8) is 0 Å². The number of carbonyl (C=O) groups excluding carboxylic acids is 2. The van der Waals surface area contributed by atoms with Crippen LogP contribution in [0.4, 0.5) is 0 Å². The van der Waals surface area contributed by atoms with Crippen LogP contribution in [0, 0.1) is 13.8 Å². The van der Waals surface area contributed by atoms with Gasteiger partial charge >= 0.3 is 0 Å². The highest BCUT2D eigenvalue weighted by Gasteiger charge is 2.38. The fourth-order valence-corrected chi connectivity index (χ4v) is 3.07. The van der Waals surface area contributed by atoms with Crippen LogP contribution in [0.25, 0.3) is 5.57 Å². The molecule has 0 unspecified atom stereocenters. The topological polar surface area (TPSA) is 37.4 Å². The molecule has 1 aliphatic heterocycles. The van der Waals surface area contributed by atoms with E-state index in [1.165, 1.54) is 4.90 Å². The first-order chi connectivity index (χ1) is 11.0. The van der Waals surface area contributed by atoms with Crippen molar-refractivity contribution in [3.8, 4) is 0 Å². The van der Waals surface area contributed by atoms with E-state index in [-0.39, 0.29) is 17.5 Å². The fraction of sp³-hybridized carbons (Fsp3) is 0.158. The minimum Gasteiger partial charge on any atom is -0.269 e. The summed E-state index contributed by atoms with van der Waals surface area (Å²) >= 11 is 6.20. The average molecular weight is 326 g/mol. The van der Waals surface area contributed by atoms with Crippen molar-refractivity contribution in [2.75, 3.05) is 0 Å². The van der Waals surface area contributed by atoms with E-state index in [9.17, 15) is 9.59 Å². The summed E-state index contributed by atoms with van der Waals surface area (Å²) in [5.41, 5.74) is 3.93. The van der Waals surface area contributed by atoms with E-state index in [0.717, 1.165) is 22.3 Å². The zero-order valence-corrected chi connectivity index (χ0v) is 13.7. The number of hydrogen-bond acceptors (Lipinski definition) is 2. The van der Waals surface area contributed by atoms with E-state index in [4.69, 9.17) is 11.6 Å². The molecule has 0 aliphatic carbocycles. The van der Waals surface area contributed by atoms with Crippen molar-refractivity contribution in [2.45, 2.75) is 20.4 Å². The lowest BCUT2D eigenvalue weighted by molar-refractivity contribution is -0.137. The van der Waals surface area contributed by atoms with Gasteiger partial charge in [-0.1, -0.05) is 65.7 Å². The van der Waals surface area contributed by atoms with Gasteiger partial charge in [-0.2, -0.15) is 0 Å². The van der Waals surface area contributed by atoms with E-state index in [1.807, 2.05) is 62.4 Å². The summed E-state index contributed by atoms with van der Waals surface area (Å²) < 4.78 is 0. The van der Waals surface area contributed by atoms with E-state index >= 15 is 0 Å². The fourth-order valence-electron chi connectivity index (χ4n) is 2.78. The van der Waals surface area contributed by atoms with E-state index in [2.05, 4.69) is 0 Å². The number of benzene rings is 2. The minimum absolute atomic E-state index is 0.00196. The summed E-state index contributed by atoms with van der Waals surface area (Å²) in [7, 11) is 0. The van der Waals surface area contributed by atoms with Crippen LogP contribution >= 0.6 is 11.6 Å². The Labute approximate surface area is 140 Å². The number of nitrogens with zero attached hydrogens (tertiary/aromatic N) is 1. The van der Waals surface area contributed by atoms with Crippen molar-refractivity contribution in [1.29, 1.82) is 0 Å². The molecule has 4 heteroatoms. The lowest BCUT2D eigenvalue weighted by atomic mass is 9.99. The Morgan fingerprint density at radius 2 is 1.65 bits per heavy atom. The second-order valence-electron chi connectivity index (χ2n) is 5.69. The smallest absolute Gasteiger partial charge is 0.269 e. The Morgan fingerprint density at radius 3 is 2.30 bits per heavy atom. The normalized spacial score (nSPS) is 14.8. The number of amides is 2. The second kappa shape index (κ2) is 6.01. The summed E-state index contributed by atoms with van der Waals surface area (Å²) in [5.74, 6) is -0.772. The lowest BCUT2D eigenvalue weighted by Crippen LogP contribution is -2.30. The molecule has 2 aromatic rings. The number of imide groups is 1. The Bertz CT molecular complexity index is 825. The molecule has 0 saturated heterocycles. The van der Waals surface area contributed by atoms with Gasteiger partial charge in [0.25, 0.3) is 11.8 Å². The van der Waals surface area contributed by atoms with Crippen molar-refractivity contribution < 1.29 is 9.59 Å². The maximum Gasteiger partial charge on any atom is 0.273 e. The molecular formula is C19H16ClNO2. The van der Waals surface area contributed by atoms with Gasteiger partial charge < -0.3 is 0 Å². The predicted molar refractivity (Wildman–Crippen MR) is 90.7 cm³/mol. The van der Waals surface area contributed by atoms with Crippen LogP contribution < -0.4 is 0 Å². The zero-order valence-electron chi connectivity index (χ0n) is 13.0. The van der Waals surface area contributed by atoms with Crippen molar-refractivity contribution >= 4 is 29.0 Å². The molecule has 116 valence electrons. The molecule has 0 spiro atoms. The standard InChI is InChI=1S/C19H16ClNO2/c1-12-8-9-15(13(2)10-12)16-17(20)19(23)21(18(16)22)11-14-6-4-3-5-7-14/h3-10H,11H2,1-2H3. The van der Waals surface area contributed by atoms with Gasteiger partial charge in [0.05, 0.1) is 12.1 Å². The molecule has 0 saturated carbocycles. The van der Waals surface area contributed by atoms with E-state index in [0.29, 0.717) is 5.57 Å². The van der Waals surface area contributed by atoms with Gasteiger partial charge in [-0.15, -0.1) is 0 Å². The summed E-state index contributed by atoms with van der Waals surface area (Å²) in [6.45, 7) is 4.12. The molecule has 0 bridgehead atoms. The van der Waals surface area contributed by atoms with Crippen LogP contribution in [0.1, 0.15) is 22.3 Å². The van der Waals surface area contributed by atoms with Gasteiger partial charge in [-0.3, -0.25) is 14.5 Å². The third kappa shape index (κ3) is 2.80. The molecule has 3 nitrogen and oxygen atoms in total. The molecule has 23 heavy (non-hydrogen) atoms. The highest BCUT2D eigenvalue weighted by Crippen LogP contribution is 2.34. The first-order valence-electron chi connectivity index (χ1n) is 7.36. The summed E-state index contributed by atoms with van der Waals surface area (Å²) in [6.07, 6.45) is 0. The van der Waals surface area contributed by atoms with Crippen LogP contribution in [-0.2, 0) is 16.1 Å². The molecule has 0 fully saturated rings. The third-order valence-corrected chi connectivity index (χ3v) is 4.30. The average Bonchev–Trinajstić information content (AvgIpc) is 2.73. The van der Waals surface area contributed by atoms with Gasteiger partial charge in [0, 0.05) is 0 Å². The number of rotatable bonds is 3. The Morgan fingerprint density at radius 1 is 0.957 bits per heavy atom. The minimum atomic E-state index is -0.435. The summed E-state index contributed by atoms with van der Waals surface area (Å²) in [6, 6.07) is 15.1. The molecule has 2 amide bonds. The predicted octanol–water partition coefficient (Wildman–Crippen LogP) is 3.82. The molecular weight excluding hydrogens is 310 g/mol. The highest BCUT2D eigenvalue weighted by molar-refractivity contribution is 6.55. The van der Waals surface area contributed by atoms with Crippen molar-refractivity contribution in [2.24, 2.45) is 0 Å². The molecule has 1 heterocycles. The maximum absolute atomic E-state index is 12.7. The molecule has 0 aromatic heterocycles. The van der Waals surface area contributed by atoms with Gasteiger partial charge in [-0.05, 0) is 30.5 Å². The van der Waals surface area contributed by atoms with Crippen LogP contribution in [0.15, 0.2) is 53.6 Å². The summed E-state index contributed by atoms with van der Waals surface area (Å²) in [5, 5.41) is -0.00196. The van der Waals surface area contributed by atoms with Crippen LogP contribution in [-0.4, -0.2) is 16.7 Å². The molecule has 1 aliphatic rings. The van der Waals surface area contributed by atoms with Crippen molar-refractivity contribution in [3.05, 3.63) is 75.8 Å². The second-order valence-corrected chi connectivity index (χ2v) is 6.07. The number of halogens is 1. The van der Waals surface area contributed by atoms with E-state index in [1.54, 1.807) is 0 Å². The van der Waals surface area contributed by atoms with E-state index < -0.39 is 5.91 Å². The zero-order chi connectivity index (χ0) is 16.6. The third-order valence-electron chi connectivity index (χ3n) is 3.95. The van der Waals surface area contributed by atoms with Crippen molar-refractivity contribution in [1.82, 2.24) is 4.90 Å². The van der Waals surface area contributed by atoms with Crippen LogP contribution in [0.3, 0.4) is 0 Å². The molecule has 3 rings (SSSR count). The van der Waals surface area contributed by atoms with Gasteiger partial charge in [0.2, 0.25) is 0 Å². The Kier molecular flexibility index (Phi) is 4.05. The molecule has 2 aromatic carbocycles. The Balaban J connectivity index is 1.96.